The molecule has 6 nitrogen and oxygen atoms in total. The van der Waals surface area contributed by atoms with E-state index in [9.17, 15) is 9.59 Å². The molecule has 2 heterocycles. The Hall–Kier alpha value is -2.34. The van der Waals surface area contributed by atoms with Crippen LogP contribution in [0.2, 0.25) is 5.15 Å². The van der Waals surface area contributed by atoms with Crippen molar-refractivity contribution in [1.29, 1.82) is 0 Å². The lowest BCUT2D eigenvalue weighted by Gasteiger charge is -2.30. The number of nitrogens with zero attached hydrogens (tertiary/aromatic N) is 3. The van der Waals surface area contributed by atoms with Crippen molar-refractivity contribution in [3.05, 3.63) is 41.3 Å². The van der Waals surface area contributed by atoms with E-state index >= 15 is 0 Å². The molecule has 0 atom stereocenters. The Morgan fingerprint density at radius 1 is 1.28 bits per heavy atom. The van der Waals surface area contributed by atoms with Crippen molar-refractivity contribution >= 4 is 35.2 Å². The van der Waals surface area contributed by atoms with Crippen LogP contribution >= 0.6 is 11.6 Å². The average Bonchev–Trinajstić information content (AvgIpc) is 2.85. The maximum Gasteiger partial charge on any atom is 0.331 e. The molecule has 25 heavy (non-hydrogen) atoms. The monoisotopic (exact) mass is 363 g/mol. The lowest BCUT2D eigenvalue weighted by Crippen LogP contribution is -2.44. The third-order valence-electron chi connectivity index (χ3n) is 3.64. The number of pyridine rings is 1. The van der Waals surface area contributed by atoms with Gasteiger partial charge in [0, 0.05) is 24.4 Å². The maximum absolute atomic E-state index is 12.2. The van der Waals surface area contributed by atoms with Crippen molar-refractivity contribution in [2.24, 2.45) is 0 Å². The molecule has 0 N–H and O–H groups in total. The van der Waals surface area contributed by atoms with Gasteiger partial charge in [0.2, 0.25) is 0 Å². The van der Waals surface area contributed by atoms with Gasteiger partial charge in [-0.25, -0.2) is 9.78 Å². The van der Waals surface area contributed by atoms with Crippen molar-refractivity contribution in [3.8, 4) is 0 Å². The van der Waals surface area contributed by atoms with Crippen LogP contribution in [0.25, 0.3) is 11.7 Å². The van der Waals surface area contributed by atoms with Gasteiger partial charge in [0.05, 0.1) is 5.69 Å². The molecule has 0 radical (unpaired) electrons. The standard InChI is InChI=1S/C18H22ClN3O3/c1-12(2)22(13(3)4)16(23)11-25-17(24)9-8-14-18(19)20-15-7-5-6-10-21(14)15/h5-10,12-13H,11H2,1-4H3/b9-8+. The number of hydrogen-bond donors (Lipinski definition) is 0. The molecule has 0 bridgehead atoms. The number of aromatic nitrogens is 2. The number of ether oxygens (including phenoxy) is 1. The smallest absolute Gasteiger partial charge is 0.331 e. The normalized spacial score (nSPS) is 11.6. The number of hydrogen-bond acceptors (Lipinski definition) is 4. The van der Waals surface area contributed by atoms with Crippen LogP contribution in [0.15, 0.2) is 30.5 Å². The van der Waals surface area contributed by atoms with Crippen molar-refractivity contribution in [2.45, 2.75) is 39.8 Å². The zero-order chi connectivity index (χ0) is 18.6. The van der Waals surface area contributed by atoms with Gasteiger partial charge in [-0.3, -0.25) is 9.20 Å². The molecule has 134 valence electrons. The fourth-order valence-electron chi connectivity index (χ4n) is 2.71. The highest BCUT2D eigenvalue weighted by Gasteiger charge is 2.20. The number of halogens is 1. The minimum absolute atomic E-state index is 0.0405. The first-order chi connectivity index (χ1) is 11.8. The highest BCUT2D eigenvalue weighted by molar-refractivity contribution is 6.31. The van der Waals surface area contributed by atoms with Gasteiger partial charge in [-0.05, 0) is 45.9 Å². The van der Waals surface area contributed by atoms with Gasteiger partial charge in [-0.15, -0.1) is 0 Å². The number of amides is 1. The molecular formula is C18H22ClN3O3. The third kappa shape index (κ3) is 4.60. The van der Waals surface area contributed by atoms with Crippen LogP contribution in [0, 0.1) is 0 Å². The number of esters is 1. The van der Waals surface area contributed by atoms with E-state index in [1.165, 1.54) is 12.2 Å². The average molecular weight is 364 g/mol. The van der Waals surface area contributed by atoms with Gasteiger partial charge >= 0.3 is 5.97 Å². The molecule has 0 saturated heterocycles. The van der Waals surface area contributed by atoms with E-state index in [4.69, 9.17) is 16.3 Å². The van der Waals surface area contributed by atoms with Gasteiger partial charge in [0.25, 0.3) is 5.91 Å². The van der Waals surface area contributed by atoms with E-state index in [-0.39, 0.29) is 29.8 Å². The van der Waals surface area contributed by atoms with Crippen molar-refractivity contribution in [1.82, 2.24) is 14.3 Å². The fraction of sp³-hybridized carbons (Fsp3) is 0.389. The Kier molecular flexibility index (Phi) is 6.20. The lowest BCUT2D eigenvalue weighted by molar-refractivity contribution is -0.150. The van der Waals surface area contributed by atoms with Crippen LogP contribution in [-0.4, -0.2) is 44.9 Å². The van der Waals surface area contributed by atoms with Gasteiger partial charge in [-0.2, -0.15) is 0 Å². The van der Waals surface area contributed by atoms with E-state index in [0.29, 0.717) is 11.3 Å². The second-order valence-electron chi connectivity index (χ2n) is 6.15. The molecular weight excluding hydrogens is 342 g/mol. The predicted octanol–water partition coefficient (Wildman–Crippen LogP) is 3.19. The first-order valence-corrected chi connectivity index (χ1v) is 8.47. The third-order valence-corrected chi connectivity index (χ3v) is 3.92. The molecule has 0 aliphatic carbocycles. The molecule has 0 fully saturated rings. The van der Waals surface area contributed by atoms with Gasteiger partial charge in [0.15, 0.2) is 11.8 Å². The number of fused-ring (bicyclic) bond motifs is 1. The summed E-state index contributed by atoms with van der Waals surface area (Å²) in [6.07, 6.45) is 4.56. The molecule has 0 spiro atoms. The first kappa shape index (κ1) is 19.0. The summed E-state index contributed by atoms with van der Waals surface area (Å²) in [6, 6.07) is 5.58. The Morgan fingerprint density at radius 3 is 2.60 bits per heavy atom. The lowest BCUT2D eigenvalue weighted by atomic mass is 10.2. The molecule has 7 heteroatoms. The van der Waals surface area contributed by atoms with E-state index in [0.717, 1.165) is 0 Å². The molecule has 0 aliphatic rings. The summed E-state index contributed by atoms with van der Waals surface area (Å²) in [6.45, 7) is 7.40. The van der Waals surface area contributed by atoms with Gasteiger partial charge in [0.1, 0.15) is 5.65 Å². The summed E-state index contributed by atoms with van der Waals surface area (Å²) in [5.74, 6) is -0.831. The van der Waals surface area contributed by atoms with Crippen LogP contribution in [-0.2, 0) is 14.3 Å². The Morgan fingerprint density at radius 2 is 1.96 bits per heavy atom. The summed E-state index contributed by atoms with van der Waals surface area (Å²) in [7, 11) is 0. The summed E-state index contributed by atoms with van der Waals surface area (Å²) in [4.78, 5) is 30.0. The Labute approximate surface area is 152 Å². The van der Waals surface area contributed by atoms with E-state index in [2.05, 4.69) is 4.98 Å². The minimum atomic E-state index is -0.609. The fourth-order valence-corrected chi connectivity index (χ4v) is 2.95. The van der Waals surface area contributed by atoms with Crippen molar-refractivity contribution < 1.29 is 14.3 Å². The summed E-state index contributed by atoms with van der Waals surface area (Å²) in [5.41, 5.74) is 1.26. The molecule has 0 aromatic carbocycles. The number of carbonyl (C=O) groups excluding carboxylic acids is 2. The molecule has 2 aromatic heterocycles. The Balaban J connectivity index is 2.01. The number of carbonyl (C=O) groups is 2. The summed E-state index contributed by atoms with van der Waals surface area (Å²) < 4.78 is 6.81. The van der Waals surface area contributed by atoms with Crippen molar-refractivity contribution in [2.75, 3.05) is 6.61 Å². The quantitative estimate of drug-likeness (QED) is 0.584. The van der Waals surface area contributed by atoms with E-state index < -0.39 is 5.97 Å². The largest absolute Gasteiger partial charge is 0.452 e. The number of imidazole rings is 1. The molecule has 1 amide bonds. The van der Waals surface area contributed by atoms with E-state index in [1.807, 2.05) is 45.9 Å². The highest BCUT2D eigenvalue weighted by Crippen LogP contribution is 2.18. The Bertz CT molecular complexity index is 788. The van der Waals surface area contributed by atoms with Crippen LogP contribution in [0.4, 0.5) is 0 Å². The first-order valence-electron chi connectivity index (χ1n) is 8.09. The summed E-state index contributed by atoms with van der Waals surface area (Å²) in [5, 5.41) is 0.289. The van der Waals surface area contributed by atoms with Crippen LogP contribution in [0.5, 0.6) is 0 Å². The highest BCUT2D eigenvalue weighted by atomic mass is 35.5. The molecule has 0 aliphatic heterocycles. The molecule has 0 unspecified atom stereocenters. The second-order valence-corrected chi connectivity index (χ2v) is 6.50. The van der Waals surface area contributed by atoms with Crippen LogP contribution in [0.1, 0.15) is 33.4 Å². The molecule has 2 aromatic rings. The predicted molar refractivity (Wildman–Crippen MR) is 97.3 cm³/mol. The van der Waals surface area contributed by atoms with Gasteiger partial charge in [-0.1, -0.05) is 17.7 Å². The zero-order valence-corrected chi connectivity index (χ0v) is 15.5. The topological polar surface area (TPSA) is 63.9 Å². The molecule has 0 saturated carbocycles. The second kappa shape index (κ2) is 8.16. The van der Waals surface area contributed by atoms with Crippen molar-refractivity contribution in [3.63, 3.8) is 0 Å². The van der Waals surface area contributed by atoms with Crippen LogP contribution in [0.3, 0.4) is 0 Å². The molecule has 2 rings (SSSR count). The van der Waals surface area contributed by atoms with Gasteiger partial charge < -0.3 is 9.64 Å². The van der Waals surface area contributed by atoms with E-state index in [1.54, 1.807) is 15.5 Å². The minimum Gasteiger partial charge on any atom is -0.452 e. The maximum atomic E-state index is 12.2. The zero-order valence-electron chi connectivity index (χ0n) is 14.8. The van der Waals surface area contributed by atoms with Crippen LogP contribution < -0.4 is 0 Å². The summed E-state index contributed by atoms with van der Waals surface area (Å²) >= 11 is 6.09. The SMILES string of the molecule is CC(C)N(C(=O)COC(=O)/C=C/c1c(Cl)nc2ccccn12)C(C)C. The number of rotatable bonds is 6.